The molecule has 0 aliphatic heterocycles. The average molecular weight is 305 g/mol. The summed E-state index contributed by atoms with van der Waals surface area (Å²) in [6.45, 7) is 6.49. The first-order chi connectivity index (χ1) is 11.2. The van der Waals surface area contributed by atoms with Crippen LogP contribution in [0.1, 0.15) is 31.0 Å². The summed E-state index contributed by atoms with van der Waals surface area (Å²) in [5, 5.41) is 9.44. The van der Waals surface area contributed by atoms with Gasteiger partial charge in [0.2, 0.25) is 0 Å². The summed E-state index contributed by atoms with van der Waals surface area (Å²) in [4.78, 5) is 4.79. The van der Waals surface area contributed by atoms with E-state index in [-0.39, 0.29) is 5.92 Å². The molecular weight excluding hydrogens is 286 g/mol. The van der Waals surface area contributed by atoms with Crippen LogP contribution in [-0.2, 0) is 0 Å². The van der Waals surface area contributed by atoms with Crippen LogP contribution in [0.4, 0.5) is 0 Å². The second-order valence-corrected chi connectivity index (χ2v) is 5.56. The van der Waals surface area contributed by atoms with Crippen molar-refractivity contribution in [3.63, 3.8) is 0 Å². The third-order valence-electron chi connectivity index (χ3n) is 3.86. The van der Waals surface area contributed by atoms with Gasteiger partial charge in [-0.2, -0.15) is 5.26 Å². The normalized spacial score (nSPS) is 12.1. The Morgan fingerprint density at radius 1 is 1.30 bits per heavy atom. The van der Waals surface area contributed by atoms with Gasteiger partial charge in [-0.3, -0.25) is 0 Å². The molecule has 1 aromatic carbocycles. The zero-order valence-electron chi connectivity index (χ0n) is 13.6. The molecule has 0 bridgehead atoms. The minimum Gasteiger partial charge on any atom is -0.493 e. The van der Waals surface area contributed by atoms with Crippen molar-refractivity contribution >= 4 is 5.65 Å². The number of pyridine rings is 1. The Labute approximate surface area is 136 Å². The van der Waals surface area contributed by atoms with E-state index >= 15 is 0 Å². The highest BCUT2D eigenvalue weighted by Gasteiger charge is 2.21. The van der Waals surface area contributed by atoms with Crippen molar-refractivity contribution in [1.82, 2.24) is 9.38 Å². The number of rotatable bonds is 4. The number of benzene rings is 1. The van der Waals surface area contributed by atoms with Crippen molar-refractivity contribution in [2.45, 2.75) is 26.7 Å². The minimum atomic E-state index is -0.266. The molecule has 0 spiro atoms. The molecule has 3 rings (SSSR count). The van der Waals surface area contributed by atoms with Gasteiger partial charge in [0, 0.05) is 11.8 Å². The molecule has 4 nitrogen and oxygen atoms in total. The van der Waals surface area contributed by atoms with Crippen molar-refractivity contribution in [2.24, 2.45) is 0 Å². The molecule has 1 unspecified atom stereocenters. The van der Waals surface area contributed by atoms with Crippen LogP contribution in [0, 0.1) is 18.3 Å². The van der Waals surface area contributed by atoms with Crippen molar-refractivity contribution < 1.29 is 4.74 Å². The second kappa shape index (κ2) is 6.13. The third kappa shape index (κ3) is 2.66. The predicted octanol–water partition coefficient (Wildman–Crippen LogP) is 4.34. The average Bonchev–Trinajstić information content (AvgIpc) is 2.93. The molecule has 0 saturated heterocycles. The highest BCUT2D eigenvalue weighted by Crippen LogP contribution is 2.35. The highest BCUT2D eigenvalue weighted by atomic mass is 16.5. The summed E-state index contributed by atoms with van der Waals surface area (Å²) in [5.74, 6) is 0.527. The second-order valence-electron chi connectivity index (χ2n) is 5.56. The predicted molar refractivity (Wildman–Crippen MR) is 90.6 cm³/mol. The van der Waals surface area contributed by atoms with E-state index in [1.54, 1.807) is 0 Å². The number of fused-ring (bicyclic) bond motifs is 1. The monoisotopic (exact) mass is 305 g/mol. The maximum atomic E-state index is 9.44. The Morgan fingerprint density at radius 2 is 2.09 bits per heavy atom. The number of aromatic nitrogens is 2. The van der Waals surface area contributed by atoms with Gasteiger partial charge in [-0.25, -0.2) is 4.98 Å². The van der Waals surface area contributed by atoms with E-state index in [9.17, 15) is 5.26 Å². The van der Waals surface area contributed by atoms with Crippen LogP contribution >= 0.6 is 0 Å². The van der Waals surface area contributed by atoms with Crippen molar-refractivity contribution in [2.75, 3.05) is 6.61 Å². The summed E-state index contributed by atoms with van der Waals surface area (Å²) in [6.07, 6.45) is 1.98. The van der Waals surface area contributed by atoms with Gasteiger partial charge >= 0.3 is 0 Å². The Bertz CT molecular complexity index is 889. The summed E-state index contributed by atoms with van der Waals surface area (Å²) in [6, 6.07) is 14.2. The van der Waals surface area contributed by atoms with E-state index < -0.39 is 0 Å². The standard InChI is InChI=1S/C19H19N3O/c1-4-23-16-8-6-5-7-15(16)18-19(14(3)12-20)22-10-9-13(2)11-17(22)21-18/h5-11,14H,4H2,1-3H3. The third-order valence-corrected chi connectivity index (χ3v) is 3.86. The van der Waals surface area contributed by atoms with Crippen LogP contribution in [0.3, 0.4) is 0 Å². The summed E-state index contributed by atoms with van der Waals surface area (Å²) >= 11 is 0. The smallest absolute Gasteiger partial charge is 0.137 e. The van der Waals surface area contributed by atoms with Crippen LogP contribution in [0.5, 0.6) is 5.75 Å². The van der Waals surface area contributed by atoms with E-state index in [0.717, 1.165) is 33.9 Å². The first-order valence-corrected chi connectivity index (χ1v) is 7.76. The van der Waals surface area contributed by atoms with Gasteiger partial charge in [-0.1, -0.05) is 12.1 Å². The van der Waals surface area contributed by atoms with Gasteiger partial charge < -0.3 is 9.14 Å². The van der Waals surface area contributed by atoms with Crippen molar-refractivity contribution in [3.8, 4) is 23.1 Å². The molecule has 0 saturated carbocycles. The van der Waals surface area contributed by atoms with Gasteiger partial charge in [0.15, 0.2) is 0 Å². The first-order valence-electron chi connectivity index (χ1n) is 7.76. The number of para-hydroxylation sites is 1. The molecule has 0 N–H and O–H groups in total. The molecule has 116 valence electrons. The number of imidazole rings is 1. The minimum absolute atomic E-state index is 0.266. The maximum absolute atomic E-state index is 9.44. The quantitative estimate of drug-likeness (QED) is 0.720. The number of ether oxygens (including phenoxy) is 1. The van der Waals surface area contributed by atoms with Gasteiger partial charge in [0.1, 0.15) is 11.4 Å². The van der Waals surface area contributed by atoms with E-state index in [1.807, 2.05) is 67.8 Å². The van der Waals surface area contributed by atoms with Crippen LogP contribution in [0.25, 0.3) is 16.9 Å². The van der Waals surface area contributed by atoms with E-state index in [4.69, 9.17) is 9.72 Å². The fourth-order valence-electron chi connectivity index (χ4n) is 2.78. The van der Waals surface area contributed by atoms with E-state index in [0.29, 0.717) is 6.61 Å². The van der Waals surface area contributed by atoms with Gasteiger partial charge in [-0.05, 0) is 50.6 Å². The lowest BCUT2D eigenvalue weighted by molar-refractivity contribution is 0.341. The zero-order valence-corrected chi connectivity index (χ0v) is 13.6. The molecule has 3 aromatic rings. The number of aryl methyl sites for hydroxylation is 1. The Morgan fingerprint density at radius 3 is 2.83 bits per heavy atom. The molecule has 0 radical (unpaired) electrons. The van der Waals surface area contributed by atoms with Crippen LogP contribution in [0.15, 0.2) is 42.6 Å². The molecule has 0 fully saturated rings. The summed E-state index contributed by atoms with van der Waals surface area (Å²) in [5.41, 5.74) is 4.63. The number of hydrogen-bond donors (Lipinski definition) is 0. The molecule has 0 aliphatic rings. The largest absolute Gasteiger partial charge is 0.493 e. The van der Waals surface area contributed by atoms with E-state index in [1.165, 1.54) is 0 Å². The Balaban J connectivity index is 2.31. The first kappa shape index (κ1) is 15.1. The zero-order chi connectivity index (χ0) is 16.4. The fraction of sp³-hybridized carbons (Fsp3) is 0.263. The summed E-state index contributed by atoms with van der Waals surface area (Å²) < 4.78 is 7.75. The van der Waals surface area contributed by atoms with Gasteiger partial charge in [-0.15, -0.1) is 0 Å². The molecule has 23 heavy (non-hydrogen) atoms. The topological polar surface area (TPSA) is 50.3 Å². The SMILES string of the molecule is CCOc1ccccc1-c1nc2cc(C)ccn2c1C(C)C#N. The van der Waals surface area contributed by atoms with Crippen molar-refractivity contribution in [3.05, 3.63) is 53.9 Å². The van der Waals surface area contributed by atoms with E-state index in [2.05, 4.69) is 6.07 Å². The lowest BCUT2D eigenvalue weighted by Gasteiger charge is -2.11. The van der Waals surface area contributed by atoms with Crippen LogP contribution < -0.4 is 4.74 Å². The molecule has 2 heterocycles. The fourth-order valence-corrected chi connectivity index (χ4v) is 2.78. The molecule has 0 amide bonds. The Hall–Kier alpha value is -2.80. The van der Waals surface area contributed by atoms with Gasteiger partial charge in [0.25, 0.3) is 0 Å². The molecule has 0 aliphatic carbocycles. The number of nitrogens with zero attached hydrogens (tertiary/aromatic N) is 3. The molecule has 1 atom stereocenters. The number of hydrogen-bond acceptors (Lipinski definition) is 3. The van der Waals surface area contributed by atoms with Gasteiger partial charge in [0.05, 0.1) is 30.0 Å². The lowest BCUT2D eigenvalue weighted by Crippen LogP contribution is -2.00. The molecule has 2 aromatic heterocycles. The van der Waals surface area contributed by atoms with Crippen LogP contribution in [-0.4, -0.2) is 16.0 Å². The summed E-state index contributed by atoms with van der Waals surface area (Å²) in [7, 11) is 0. The number of nitriles is 1. The Kier molecular flexibility index (Phi) is 4.03. The maximum Gasteiger partial charge on any atom is 0.137 e. The lowest BCUT2D eigenvalue weighted by atomic mass is 10.0. The van der Waals surface area contributed by atoms with Crippen LogP contribution in [0.2, 0.25) is 0 Å². The highest BCUT2D eigenvalue weighted by molar-refractivity contribution is 5.73. The van der Waals surface area contributed by atoms with Crippen molar-refractivity contribution in [1.29, 1.82) is 5.26 Å². The molecule has 4 heteroatoms. The molecular formula is C19H19N3O.